The van der Waals surface area contributed by atoms with Crippen LogP contribution in [-0.4, -0.2) is 16.3 Å². The number of hydrogen-bond acceptors (Lipinski definition) is 2. The monoisotopic (exact) mass is 406 g/mol. The highest BCUT2D eigenvalue weighted by Crippen LogP contribution is 2.26. The molecular formula is C19H39BrN2O2. The predicted molar refractivity (Wildman–Crippen MR) is 107 cm³/mol. The fourth-order valence-electron chi connectivity index (χ4n) is 2.36. The molecule has 5 heteroatoms. The van der Waals surface area contributed by atoms with E-state index < -0.39 is 10.4 Å². The van der Waals surface area contributed by atoms with Crippen LogP contribution in [-0.2, 0) is 4.79 Å². The van der Waals surface area contributed by atoms with Crippen molar-refractivity contribution in [3.63, 3.8) is 0 Å². The van der Waals surface area contributed by atoms with Crippen molar-refractivity contribution in [3.8, 4) is 0 Å². The Morgan fingerprint density at radius 2 is 1.12 bits per heavy atom. The molecule has 0 aromatic rings. The fraction of sp³-hybridized carbons (Fsp3) is 0.895. The summed E-state index contributed by atoms with van der Waals surface area (Å²) < 4.78 is -0.665. The number of imide groups is 1. The van der Waals surface area contributed by atoms with E-state index in [1.807, 2.05) is 19.2 Å². The summed E-state index contributed by atoms with van der Waals surface area (Å²) in [5.41, 5.74) is 4.81. The first kappa shape index (κ1) is 25.7. The van der Waals surface area contributed by atoms with E-state index in [9.17, 15) is 9.59 Å². The largest absolute Gasteiger partial charge is 0.351 e. The molecule has 0 saturated heterocycles. The van der Waals surface area contributed by atoms with E-state index in [0.717, 1.165) is 0 Å². The Bertz CT molecular complexity index is 308. The number of halogens is 1. The molecule has 4 nitrogen and oxygen atoms in total. The maximum Gasteiger partial charge on any atom is 0.318 e. The molecule has 0 aliphatic heterocycles. The molecular weight excluding hydrogens is 368 g/mol. The van der Waals surface area contributed by atoms with Gasteiger partial charge in [0, 0.05) is 0 Å². The number of unbranched alkanes of at least 4 members (excludes halogenated alkanes) is 9. The van der Waals surface area contributed by atoms with Crippen molar-refractivity contribution < 1.29 is 9.59 Å². The Kier molecular flexibility index (Phi) is 18.4. The zero-order valence-electron chi connectivity index (χ0n) is 16.3. The lowest BCUT2D eigenvalue weighted by Gasteiger charge is -2.21. The minimum atomic E-state index is -0.814. The van der Waals surface area contributed by atoms with Crippen molar-refractivity contribution in [1.29, 1.82) is 0 Å². The highest BCUT2D eigenvalue weighted by molar-refractivity contribution is 9.10. The van der Waals surface area contributed by atoms with Gasteiger partial charge in [0.05, 0.1) is 0 Å². The van der Waals surface area contributed by atoms with Crippen molar-refractivity contribution in [2.75, 3.05) is 0 Å². The van der Waals surface area contributed by atoms with Gasteiger partial charge in [-0.3, -0.25) is 10.1 Å². The standard InChI is InChI=1S/C12H26.C7H13BrN2O2/c1-3-5-7-9-11-12-10-8-6-4-2;1-3-7(8,4-2)5(11)10-6(9)12/h3-12H2,1-2H3;3-4H2,1-2H3,(H3,9,10,11,12). The number of carbonyl (C=O) groups is 2. The molecule has 3 N–H and O–H groups in total. The van der Waals surface area contributed by atoms with Gasteiger partial charge < -0.3 is 5.73 Å². The summed E-state index contributed by atoms with van der Waals surface area (Å²) in [6, 6.07) is -0.814. The molecule has 0 unspecified atom stereocenters. The second-order valence-corrected chi connectivity index (χ2v) is 7.84. The quantitative estimate of drug-likeness (QED) is 0.305. The van der Waals surface area contributed by atoms with Crippen LogP contribution in [0, 0.1) is 0 Å². The first-order chi connectivity index (χ1) is 11.4. The number of rotatable bonds is 12. The van der Waals surface area contributed by atoms with Crippen LogP contribution in [0.25, 0.3) is 0 Å². The van der Waals surface area contributed by atoms with Crippen LogP contribution >= 0.6 is 15.9 Å². The van der Waals surface area contributed by atoms with Crippen LogP contribution in [0.1, 0.15) is 105 Å². The van der Waals surface area contributed by atoms with E-state index in [2.05, 4.69) is 29.8 Å². The molecule has 0 bridgehead atoms. The van der Waals surface area contributed by atoms with Gasteiger partial charge >= 0.3 is 6.03 Å². The average Bonchev–Trinajstić information content (AvgIpc) is 2.56. The fourth-order valence-corrected chi connectivity index (χ4v) is 2.45. The lowest BCUT2D eigenvalue weighted by molar-refractivity contribution is -0.122. The zero-order valence-corrected chi connectivity index (χ0v) is 17.8. The maximum atomic E-state index is 11.3. The number of carbonyl (C=O) groups excluding carboxylic acids is 2. The maximum absolute atomic E-state index is 11.3. The molecule has 144 valence electrons. The SMILES string of the molecule is CCC(Br)(CC)C(=O)NC(N)=O.CCCCCCCCCCCC. The molecule has 0 aliphatic carbocycles. The van der Waals surface area contributed by atoms with Crippen LogP contribution in [0.5, 0.6) is 0 Å². The Morgan fingerprint density at radius 3 is 1.38 bits per heavy atom. The molecule has 0 radical (unpaired) electrons. The second kappa shape index (κ2) is 17.2. The summed E-state index contributed by atoms with van der Waals surface area (Å²) in [4.78, 5) is 21.6. The second-order valence-electron chi connectivity index (χ2n) is 6.32. The van der Waals surface area contributed by atoms with Gasteiger partial charge in [-0.15, -0.1) is 0 Å². The van der Waals surface area contributed by atoms with Crippen LogP contribution in [0.2, 0.25) is 0 Å². The molecule has 0 aromatic heterocycles. The van der Waals surface area contributed by atoms with Crippen molar-refractivity contribution in [1.82, 2.24) is 5.32 Å². The van der Waals surface area contributed by atoms with Gasteiger partial charge in [-0.25, -0.2) is 4.79 Å². The zero-order chi connectivity index (χ0) is 18.8. The first-order valence-electron chi connectivity index (χ1n) is 9.67. The van der Waals surface area contributed by atoms with Crippen molar-refractivity contribution in [2.24, 2.45) is 5.73 Å². The summed E-state index contributed by atoms with van der Waals surface area (Å²) >= 11 is 3.26. The molecule has 24 heavy (non-hydrogen) atoms. The van der Waals surface area contributed by atoms with Gasteiger partial charge in [-0.2, -0.15) is 0 Å². The normalized spacial score (nSPS) is 10.7. The van der Waals surface area contributed by atoms with Crippen LogP contribution < -0.4 is 11.1 Å². The summed E-state index contributed by atoms with van der Waals surface area (Å²) in [5.74, 6) is -0.375. The number of urea groups is 1. The molecule has 0 heterocycles. The van der Waals surface area contributed by atoms with E-state index in [4.69, 9.17) is 5.73 Å². The summed E-state index contributed by atoms with van der Waals surface area (Å²) in [6.07, 6.45) is 15.7. The number of nitrogens with two attached hydrogens (primary N) is 1. The number of nitrogens with one attached hydrogen (secondary N) is 1. The van der Waals surface area contributed by atoms with E-state index in [1.165, 1.54) is 64.2 Å². The van der Waals surface area contributed by atoms with Crippen LogP contribution in [0.3, 0.4) is 0 Å². The number of amides is 3. The molecule has 0 spiro atoms. The van der Waals surface area contributed by atoms with Crippen LogP contribution in [0.15, 0.2) is 0 Å². The van der Waals surface area contributed by atoms with Crippen molar-refractivity contribution >= 4 is 27.9 Å². The van der Waals surface area contributed by atoms with Gasteiger partial charge in [0.15, 0.2) is 0 Å². The van der Waals surface area contributed by atoms with Crippen molar-refractivity contribution in [3.05, 3.63) is 0 Å². The minimum Gasteiger partial charge on any atom is -0.351 e. The Hall–Kier alpha value is -0.580. The highest BCUT2D eigenvalue weighted by Gasteiger charge is 2.32. The Labute approximate surface area is 157 Å². The van der Waals surface area contributed by atoms with E-state index >= 15 is 0 Å². The number of primary amides is 1. The third kappa shape index (κ3) is 15.0. The smallest absolute Gasteiger partial charge is 0.318 e. The summed E-state index contributed by atoms with van der Waals surface area (Å²) in [6.45, 7) is 8.28. The minimum absolute atomic E-state index is 0.375. The third-order valence-electron chi connectivity index (χ3n) is 4.22. The summed E-state index contributed by atoms with van der Waals surface area (Å²) in [7, 11) is 0. The van der Waals surface area contributed by atoms with Gasteiger partial charge in [0.1, 0.15) is 4.32 Å². The van der Waals surface area contributed by atoms with Gasteiger partial charge in [0.25, 0.3) is 0 Å². The molecule has 3 amide bonds. The number of alkyl halides is 1. The van der Waals surface area contributed by atoms with Gasteiger partial charge in [-0.1, -0.05) is 108 Å². The molecule has 0 aromatic carbocycles. The van der Waals surface area contributed by atoms with E-state index in [1.54, 1.807) is 0 Å². The first-order valence-corrected chi connectivity index (χ1v) is 10.5. The Morgan fingerprint density at radius 1 is 0.792 bits per heavy atom. The molecule has 0 atom stereocenters. The lowest BCUT2D eigenvalue weighted by Crippen LogP contribution is -2.46. The predicted octanol–water partition coefficient (Wildman–Crippen LogP) is 6.06. The molecule has 0 saturated carbocycles. The third-order valence-corrected chi connectivity index (χ3v) is 5.70. The summed E-state index contributed by atoms with van der Waals surface area (Å²) in [5, 5.41) is 2.04. The van der Waals surface area contributed by atoms with Gasteiger partial charge in [-0.05, 0) is 12.8 Å². The molecule has 0 aliphatic rings. The Balaban J connectivity index is 0. The van der Waals surface area contributed by atoms with Crippen molar-refractivity contribution in [2.45, 2.75) is 109 Å². The van der Waals surface area contributed by atoms with E-state index in [0.29, 0.717) is 12.8 Å². The lowest BCUT2D eigenvalue weighted by atomic mass is 10.0. The molecule has 0 fully saturated rings. The van der Waals surface area contributed by atoms with E-state index in [-0.39, 0.29) is 5.91 Å². The highest BCUT2D eigenvalue weighted by atomic mass is 79.9. The molecule has 0 rings (SSSR count). The van der Waals surface area contributed by atoms with Gasteiger partial charge in [0.2, 0.25) is 5.91 Å². The average molecular weight is 407 g/mol. The number of hydrogen-bond donors (Lipinski definition) is 2. The topological polar surface area (TPSA) is 72.2 Å². The van der Waals surface area contributed by atoms with Crippen LogP contribution in [0.4, 0.5) is 4.79 Å².